The normalized spacial score (nSPS) is 20.6. The molecule has 23 heavy (non-hydrogen) atoms. The van der Waals surface area contributed by atoms with Crippen molar-refractivity contribution in [3.63, 3.8) is 0 Å². The molecule has 1 aromatic heterocycles. The van der Waals surface area contributed by atoms with Crippen molar-refractivity contribution in [3.05, 3.63) is 76.8 Å². The molecule has 0 bridgehead atoms. The Balaban J connectivity index is 1.85. The van der Waals surface area contributed by atoms with E-state index in [4.69, 9.17) is 11.6 Å². The van der Waals surface area contributed by atoms with Gasteiger partial charge in [-0.1, -0.05) is 42.5 Å². The van der Waals surface area contributed by atoms with Gasteiger partial charge in [-0.05, 0) is 17.7 Å². The summed E-state index contributed by atoms with van der Waals surface area (Å²) in [5.41, 5.74) is 1.20. The van der Waals surface area contributed by atoms with Gasteiger partial charge in [0.25, 0.3) is 11.5 Å². The molecule has 1 aliphatic rings. The molecule has 0 aliphatic carbocycles. The Bertz CT molecular complexity index is 955. The minimum atomic E-state index is -0.684. The van der Waals surface area contributed by atoms with Gasteiger partial charge >= 0.3 is 0 Å². The van der Waals surface area contributed by atoms with Crippen LogP contribution in [0.4, 0.5) is 0 Å². The lowest BCUT2D eigenvalue weighted by molar-refractivity contribution is -0.126. The number of nitrogens with zero attached hydrogens (tertiary/aromatic N) is 3. The largest absolute Gasteiger partial charge is 0.280 e. The molecule has 0 N–H and O–H groups in total. The molecule has 114 valence electrons. The zero-order valence-corrected chi connectivity index (χ0v) is 12.7. The minimum absolute atomic E-state index is 0.284. The summed E-state index contributed by atoms with van der Waals surface area (Å²) in [6.45, 7) is 0. The molecule has 0 unspecified atom stereocenters. The predicted octanol–water partition coefficient (Wildman–Crippen LogP) is 2.22. The van der Waals surface area contributed by atoms with Crippen LogP contribution in [0, 0.1) is 0 Å². The van der Waals surface area contributed by atoms with Crippen LogP contribution >= 0.6 is 11.6 Å². The second-order valence-corrected chi connectivity index (χ2v) is 5.82. The first-order valence-electron chi connectivity index (χ1n) is 7.17. The molecule has 2 heterocycles. The van der Waals surface area contributed by atoms with Crippen LogP contribution in [0.3, 0.4) is 0 Å². The van der Waals surface area contributed by atoms with Crippen molar-refractivity contribution in [3.8, 4) is 0 Å². The van der Waals surface area contributed by atoms with Crippen LogP contribution in [-0.2, 0) is 4.79 Å². The second-order valence-electron chi connectivity index (χ2n) is 5.35. The SMILES string of the molecule is O=C1[C@H](Cl)[C@H](c2ccccc2)N1n1cnc2ccccc2c1=O. The van der Waals surface area contributed by atoms with Crippen LogP contribution in [0.15, 0.2) is 65.7 Å². The maximum absolute atomic E-state index is 12.7. The van der Waals surface area contributed by atoms with Crippen molar-refractivity contribution >= 4 is 28.4 Å². The summed E-state index contributed by atoms with van der Waals surface area (Å²) < 4.78 is 1.25. The minimum Gasteiger partial charge on any atom is -0.271 e. The van der Waals surface area contributed by atoms with Crippen molar-refractivity contribution in [2.24, 2.45) is 0 Å². The maximum Gasteiger partial charge on any atom is 0.280 e. The Kier molecular flexibility index (Phi) is 3.16. The number of rotatable bonds is 2. The van der Waals surface area contributed by atoms with Gasteiger partial charge in [-0.15, -0.1) is 11.6 Å². The Morgan fingerprint density at radius 3 is 2.43 bits per heavy atom. The molecule has 1 fully saturated rings. The second kappa shape index (κ2) is 5.21. The third-order valence-electron chi connectivity index (χ3n) is 4.02. The first-order valence-corrected chi connectivity index (χ1v) is 7.61. The molecule has 2 atom stereocenters. The molecule has 4 rings (SSSR count). The molecule has 1 amide bonds. The summed E-state index contributed by atoms with van der Waals surface area (Å²) in [5.74, 6) is -0.306. The van der Waals surface area contributed by atoms with E-state index in [0.717, 1.165) is 5.56 Å². The van der Waals surface area contributed by atoms with E-state index in [1.807, 2.05) is 36.4 Å². The Labute approximate surface area is 136 Å². The number of halogens is 1. The standard InChI is InChI=1S/C17H12ClN3O2/c18-14-15(11-6-2-1-3-7-11)21(17(14)23)20-10-19-13-9-5-4-8-12(13)16(20)22/h1-10,14-15H/t14-,15+/m1/s1. The quantitative estimate of drug-likeness (QED) is 0.536. The molecule has 6 heteroatoms. The molecule has 5 nitrogen and oxygen atoms in total. The summed E-state index contributed by atoms with van der Waals surface area (Å²) in [6, 6.07) is 16.1. The van der Waals surface area contributed by atoms with Gasteiger partial charge in [-0.2, -0.15) is 0 Å². The van der Waals surface area contributed by atoms with Crippen molar-refractivity contribution in [1.82, 2.24) is 9.66 Å². The lowest BCUT2D eigenvalue weighted by Gasteiger charge is -2.44. The van der Waals surface area contributed by atoms with E-state index in [-0.39, 0.29) is 17.5 Å². The third kappa shape index (κ3) is 2.04. The summed E-state index contributed by atoms with van der Waals surface area (Å²) in [7, 11) is 0. The van der Waals surface area contributed by atoms with Gasteiger partial charge in [0.15, 0.2) is 0 Å². The Hall–Kier alpha value is -2.66. The molecule has 0 spiro atoms. The summed E-state index contributed by atoms with van der Waals surface area (Å²) in [5, 5.41) is 1.15. The first-order chi connectivity index (χ1) is 11.2. The highest BCUT2D eigenvalue weighted by Gasteiger charge is 2.49. The molecular formula is C17H12ClN3O2. The molecule has 1 saturated heterocycles. The van der Waals surface area contributed by atoms with Crippen molar-refractivity contribution < 1.29 is 4.79 Å². The highest BCUT2D eigenvalue weighted by atomic mass is 35.5. The predicted molar refractivity (Wildman–Crippen MR) is 88.1 cm³/mol. The lowest BCUT2D eigenvalue weighted by Crippen LogP contribution is -2.64. The Morgan fingerprint density at radius 2 is 1.65 bits per heavy atom. The van der Waals surface area contributed by atoms with Gasteiger partial charge in [0.1, 0.15) is 17.7 Å². The summed E-state index contributed by atoms with van der Waals surface area (Å²) >= 11 is 6.19. The van der Waals surface area contributed by atoms with E-state index in [2.05, 4.69) is 4.98 Å². The smallest absolute Gasteiger partial charge is 0.271 e. The van der Waals surface area contributed by atoms with Gasteiger partial charge in [0, 0.05) is 0 Å². The Morgan fingerprint density at radius 1 is 0.957 bits per heavy atom. The van der Waals surface area contributed by atoms with Gasteiger partial charge in [0.05, 0.1) is 10.9 Å². The van der Waals surface area contributed by atoms with E-state index in [0.29, 0.717) is 10.9 Å². The molecule has 0 saturated carbocycles. The molecule has 2 aromatic carbocycles. The topological polar surface area (TPSA) is 55.2 Å². The number of fused-ring (bicyclic) bond motifs is 1. The fraction of sp³-hybridized carbons (Fsp3) is 0.118. The van der Waals surface area contributed by atoms with E-state index in [1.54, 1.807) is 18.2 Å². The van der Waals surface area contributed by atoms with Crippen LogP contribution in [0.25, 0.3) is 10.9 Å². The molecule has 3 aromatic rings. The number of para-hydroxylation sites is 1. The lowest BCUT2D eigenvalue weighted by atomic mass is 9.95. The van der Waals surface area contributed by atoms with Crippen LogP contribution in [0.5, 0.6) is 0 Å². The number of aromatic nitrogens is 2. The average Bonchev–Trinajstić information content (AvgIpc) is 2.61. The number of carbonyl (C=O) groups is 1. The molecule has 0 radical (unpaired) electrons. The molecular weight excluding hydrogens is 314 g/mol. The van der Waals surface area contributed by atoms with Gasteiger partial charge in [-0.25, -0.2) is 14.7 Å². The number of benzene rings is 2. The number of carbonyl (C=O) groups excluding carboxylic acids is 1. The number of amides is 1. The van der Waals surface area contributed by atoms with E-state index in [1.165, 1.54) is 16.0 Å². The zero-order valence-electron chi connectivity index (χ0n) is 12.0. The number of alkyl halides is 1. The van der Waals surface area contributed by atoms with Gasteiger partial charge in [-0.3, -0.25) is 9.59 Å². The van der Waals surface area contributed by atoms with Crippen molar-refractivity contribution in [2.45, 2.75) is 11.4 Å². The highest BCUT2D eigenvalue weighted by Crippen LogP contribution is 2.36. The van der Waals surface area contributed by atoms with Crippen molar-refractivity contribution in [2.75, 3.05) is 5.01 Å². The zero-order chi connectivity index (χ0) is 16.0. The fourth-order valence-corrected chi connectivity index (χ4v) is 3.21. The maximum atomic E-state index is 12.7. The summed E-state index contributed by atoms with van der Waals surface area (Å²) in [4.78, 5) is 29.2. The van der Waals surface area contributed by atoms with Crippen LogP contribution in [0.2, 0.25) is 0 Å². The monoisotopic (exact) mass is 325 g/mol. The third-order valence-corrected chi connectivity index (χ3v) is 4.45. The molecule has 1 aliphatic heterocycles. The van der Waals surface area contributed by atoms with Gasteiger partial charge in [0.2, 0.25) is 0 Å². The van der Waals surface area contributed by atoms with E-state index in [9.17, 15) is 9.59 Å². The van der Waals surface area contributed by atoms with Crippen LogP contribution in [0.1, 0.15) is 11.6 Å². The number of hydrogen-bond donors (Lipinski definition) is 0. The van der Waals surface area contributed by atoms with E-state index >= 15 is 0 Å². The van der Waals surface area contributed by atoms with Crippen molar-refractivity contribution in [1.29, 1.82) is 0 Å². The fourth-order valence-electron chi connectivity index (χ4n) is 2.85. The summed E-state index contributed by atoms with van der Waals surface area (Å²) in [6.07, 6.45) is 1.38. The first kappa shape index (κ1) is 14.0. The average molecular weight is 326 g/mol. The van der Waals surface area contributed by atoms with E-state index < -0.39 is 5.38 Å². The van der Waals surface area contributed by atoms with Crippen LogP contribution in [-0.4, -0.2) is 20.9 Å². The number of hydrogen-bond acceptors (Lipinski definition) is 3. The highest BCUT2D eigenvalue weighted by molar-refractivity contribution is 6.36. The van der Waals surface area contributed by atoms with Crippen LogP contribution < -0.4 is 10.6 Å². The number of β-lactam (4-membered cyclic amide) rings is 1. The van der Waals surface area contributed by atoms with Gasteiger partial charge < -0.3 is 0 Å².